The van der Waals surface area contributed by atoms with E-state index in [-0.39, 0.29) is 0 Å². The Morgan fingerprint density at radius 1 is 0.636 bits per heavy atom. The van der Waals surface area contributed by atoms with Crippen molar-refractivity contribution in [3.8, 4) is 0 Å². The predicted octanol–water partition coefficient (Wildman–Crippen LogP) is 4.25. The van der Waals surface area contributed by atoms with Gasteiger partial charge in [0.05, 0.1) is 10.6 Å². The predicted molar refractivity (Wildman–Crippen MR) is 91.4 cm³/mol. The van der Waals surface area contributed by atoms with Crippen LogP contribution in [0.15, 0.2) is 100 Å². The van der Waals surface area contributed by atoms with Crippen LogP contribution in [-0.4, -0.2) is 9.92 Å². The molecule has 0 aromatic heterocycles. The van der Waals surface area contributed by atoms with Gasteiger partial charge in [0.1, 0.15) is 0 Å². The molecule has 22 heavy (non-hydrogen) atoms. The van der Waals surface area contributed by atoms with E-state index < -0.39 is 11.0 Å². The first-order chi connectivity index (χ1) is 10.8. The molecule has 1 atom stereocenters. The summed E-state index contributed by atoms with van der Waals surface area (Å²) in [6.45, 7) is 0. The monoisotopic (exact) mass is 305 g/mol. The highest BCUT2D eigenvalue weighted by atomic mass is 32.2. The molecule has 0 aliphatic heterocycles. The van der Waals surface area contributed by atoms with E-state index in [2.05, 4.69) is 4.40 Å². The Morgan fingerprint density at radius 2 is 1.05 bits per heavy atom. The van der Waals surface area contributed by atoms with Crippen molar-refractivity contribution in [1.29, 1.82) is 0 Å². The van der Waals surface area contributed by atoms with Gasteiger partial charge in [-0.3, -0.25) is 0 Å². The Bertz CT molecular complexity index is 742. The number of benzene rings is 3. The Morgan fingerprint density at radius 3 is 1.50 bits per heavy atom. The molecular formula is C19H15NOS. The molecule has 0 N–H and O–H groups in total. The van der Waals surface area contributed by atoms with Gasteiger partial charge in [-0.1, -0.05) is 78.9 Å². The molecular weight excluding hydrogens is 290 g/mol. The topological polar surface area (TPSA) is 29.4 Å². The van der Waals surface area contributed by atoms with Gasteiger partial charge in [-0.15, -0.1) is 0 Å². The number of hydrogen-bond acceptors (Lipinski definition) is 1. The van der Waals surface area contributed by atoms with Crippen LogP contribution in [0.2, 0.25) is 0 Å². The molecule has 0 amide bonds. The summed E-state index contributed by atoms with van der Waals surface area (Å²) in [7, 11) is -1.43. The van der Waals surface area contributed by atoms with Crippen molar-refractivity contribution in [3.05, 3.63) is 102 Å². The van der Waals surface area contributed by atoms with Gasteiger partial charge in [-0.05, 0) is 12.1 Å². The first kappa shape index (κ1) is 14.4. The van der Waals surface area contributed by atoms with E-state index in [0.717, 1.165) is 16.8 Å². The SMILES string of the molecule is O=[S@](N=C(c1ccccc1)c1ccccc1)c1ccccc1. The fourth-order valence-electron chi connectivity index (χ4n) is 2.14. The van der Waals surface area contributed by atoms with E-state index in [9.17, 15) is 4.21 Å². The normalized spacial score (nSPS) is 11.6. The van der Waals surface area contributed by atoms with Gasteiger partial charge in [0.25, 0.3) is 0 Å². The molecule has 2 nitrogen and oxygen atoms in total. The average Bonchev–Trinajstić information content (AvgIpc) is 2.62. The molecule has 0 saturated heterocycles. The minimum Gasteiger partial charge on any atom is -0.229 e. The fraction of sp³-hybridized carbons (Fsp3) is 0. The number of hydrogen-bond donors (Lipinski definition) is 0. The van der Waals surface area contributed by atoms with E-state index in [4.69, 9.17) is 0 Å². The Balaban J connectivity index is 2.06. The highest BCUT2D eigenvalue weighted by molar-refractivity contribution is 7.84. The molecule has 3 aromatic rings. The van der Waals surface area contributed by atoms with Crippen LogP contribution in [0.3, 0.4) is 0 Å². The van der Waals surface area contributed by atoms with Gasteiger partial charge in [0.15, 0.2) is 11.0 Å². The van der Waals surface area contributed by atoms with Crippen molar-refractivity contribution >= 4 is 16.7 Å². The summed E-state index contributed by atoms with van der Waals surface area (Å²) in [6.07, 6.45) is 0. The van der Waals surface area contributed by atoms with Crippen LogP contribution in [0.1, 0.15) is 11.1 Å². The molecule has 0 radical (unpaired) electrons. The summed E-state index contributed by atoms with van der Waals surface area (Å²) in [4.78, 5) is 0.701. The molecule has 0 bridgehead atoms. The maximum atomic E-state index is 12.5. The number of rotatable bonds is 4. The zero-order valence-electron chi connectivity index (χ0n) is 11.9. The van der Waals surface area contributed by atoms with Crippen LogP contribution in [0.25, 0.3) is 0 Å². The van der Waals surface area contributed by atoms with E-state index in [1.165, 1.54) is 0 Å². The number of nitrogens with zero attached hydrogens (tertiary/aromatic N) is 1. The Labute approximate surface area is 132 Å². The van der Waals surface area contributed by atoms with E-state index in [0.29, 0.717) is 4.90 Å². The summed E-state index contributed by atoms with van der Waals surface area (Å²) in [5.41, 5.74) is 2.65. The summed E-state index contributed by atoms with van der Waals surface area (Å²) < 4.78 is 17.0. The highest BCUT2D eigenvalue weighted by Gasteiger charge is 2.09. The van der Waals surface area contributed by atoms with Crippen molar-refractivity contribution in [1.82, 2.24) is 0 Å². The summed E-state index contributed by atoms with van der Waals surface area (Å²) in [5.74, 6) is 0. The van der Waals surface area contributed by atoms with Gasteiger partial charge >= 0.3 is 0 Å². The molecule has 0 heterocycles. The minimum absolute atomic E-state index is 0.701. The molecule has 3 rings (SSSR count). The second-order valence-electron chi connectivity index (χ2n) is 4.73. The van der Waals surface area contributed by atoms with Crippen LogP contribution < -0.4 is 0 Å². The third-order valence-corrected chi connectivity index (χ3v) is 4.24. The van der Waals surface area contributed by atoms with Crippen molar-refractivity contribution < 1.29 is 4.21 Å². The zero-order valence-corrected chi connectivity index (χ0v) is 12.7. The molecule has 0 unspecified atom stereocenters. The van der Waals surface area contributed by atoms with E-state index in [1.807, 2.05) is 91.0 Å². The van der Waals surface area contributed by atoms with Crippen molar-refractivity contribution in [2.75, 3.05) is 0 Å². The zero-order chi connectivity index (χ0) is 15.2. The maximum Gasteiger partial charge on any atom is 0.173 e. The third-order valence-electron chi connectivity index (χ3n) is 3.21. The van der Waals surface area contributed by atoms with E-state index >= 15 is 0 Å². The largest absolute Gasteiger partial charge is 0.229 e. The van der Waals surface area contributed by atoms with Crippen molar-refractivity contribution in [2.24, 2.45) is 4.40 Å². The van der Waals surface area contributed by atoms with Crippen LogP contribution in [-0.2, 0) is 11.0 Å². The fourth-order valence-corrected chi connectivity index (χ4v) is 3.01. The quantitative estimate of drug-likeness (QED) is 0.663. The summed E-state index contributed by atoms with van der Waals surface area (Å²) in [5, 5.41) is 0. The highest BCUT2D eigenvalue weighted by Crippen LogP contribution is 2.14. The van der Waals surface area contributed by atoms with Crippen LogP contribution in [0.4, 0.5) is 0 Å². The van der Waals surface area contributed by atoms with E-state index in [1.54, 1.807) is 0 Å². The Hall–Kier alpha value is -2.52. The van der Waals surface area contributed by atoms with Crippen LogP contribution in [0, 0.1) is 0 Å². The lowest BCUT2D eigenvalue weighted by Crippen LogP contribution is -2.05. The lowest BCUT2D eigenvalue weighted by molar-refractivity contribution is 0.684. The van der Waals surface area contributed by atoms with Crippen LogP contribution in [0.5, 0.6) is 0 Å². The molecule has 3 heteroatoms. The second kappa shape index (κ2) is 6.96. The molecule has 0 aliphatic carbocycles. The van der Waals surface area contributed by atoms with Gasteiger partial charge < -0.3 is 0 Å². The summed E-state index contributed by atoms with van der Waals surface area (Å²) in [6, 6.07) is 29.0. The Kier molecular flexibility index (Phi) is 4.56. The first-order valence-electron chi connectivity index (χ1n) is 7.01. The standard InChI is InChI=1S/C19H15NOS/c21-22(18-14-8-3-9-15-18)20-19(16-10-4-1-5-11-16)17-12-6-2-7-13-17/h1-15H/t22-/m0/s1. The summed E-state index contributed by atoms with van der Waals surface area (Å²) >= 11 is 0. The second-order valence-corrected chi connectivity index (χ2v) is 5.89. The molecule has 0 saturated carbocycles. The molecule has 108 valence electrons. The average molecular weight is 305 g/mol. The van der Waals surface area contributed by atoms with Crippen LogP contribution >= 0.6 is 0 Å². The maximum absolute atomic E-state index is 12.5. The van der Waals surface area contributed by atoms with Crippen molar-refractivity contribution in [2.45, 2.75) is 4.90 Å². The smallest absolute Gasteiger partial charge is 0.173 e. The third kappa shape index (κ3) is 3.38. The molecule has 3 aromatic carbocycles. The molecule has 0 fully saturated rings. The van der Waals surface area contributed by atoms with Gasteiger partial charge in [-0.2, -0.15) is 4.40 Å². The van der Waals surface area contributed by atoms with Gasteiger partial charge in [0, 0.05) is 11.1 Å². The van der Waals surface area contributed by atoms with Gasteiger partial charge in [-0.25, -0.2) is 4.21 Å². The molecule has 0 aliphatic rings. The molecule has 0 spiro atoms. The lowest BCUT2D eigenvalue weighted by Gasteiger charge is -2.07. The lowest BCUT2D eigenvalue weighted by atomic mass is 10.0. The van der Waals surface area contributed by atoms with Crippen molar-refractivity contribution in [3.63, 3.8) is 0 Å². The minimum atomic E-state index is -1.43. The van der Waals surface area contributed by atoms with Gasteiger partial charge in [0.2, 0.25) is 0 Å². The first-order valence-corrected chi connectivity index (χ1v) is 8.12.